The van der Waals surface area contributed by atoms with Gasteiger partial charge in [0, 0.05) is 0 Å². The molecule has 0 aliphatic heterocycles. The van der Waals surface area contributed by atoms with Crippen molar-refractivity contribution in [3.05, 3.63) is 12.7 Å². The third kappa shape index (κ3) is 51.1. The Bertz CT molecular complexity index is 133. The lowest BCUT2D eigenvalue weighted by atomic mass is 10.8. The maximum absolute atomic E-state index is 9.67. The van der Waals surface area contributed by atoms with Crippen LogP contribution in [0.15, 0.2) is 12.7 Å². The largest absolute Gasteiger partial charge is 0.379 e. The van der Waals surface area contributed by atoms with Gasteiger partial charge in [0.15, 0.2) is 0 Å². The normalized spacial score (nSPS) is 8.90. The zero-order chi connectivity index (χ0) is 8.57. The fourth-order valence-electron chi connectivity index (χ4n) is 0.105. The highest BCUT2D eigenvalue weighted by atomic mass is 32.2. The van der Waals surface area contributed by atoms with Crippen LogP contribution in [0.5, 0.6) is 0 Å². The molecule has 0 saturated heterocycles. The molecule has 2 nitrogen and oxygen atoms in total. The standard InChI is InChI=1S/C3H6O2S.CHF3/c1-2-3-6(4)5;2-1(3)4/h2,6H,1,3H2;1H. The Balaban J connectivity index is 0. The smallest absolute Gasteiger partial charge is 0.232 e. The van der Waals surface area contributed by atoms with Gasteiger partial charge in [0.1, 0.15) is 10.7 Å². The molecule has 6 heteroatoms. The highest BCUT2D eigenvalue weighted by molar-refractivity contribution is 7.72. The van der Waals surface area contributed by atoms with E-state index in [-0.39, 0.29) is 5.75 Å². The number of hydrogen-bond donors (Lipinski definition) is 1. The van der Waals surface area contributed by atoms with Gasteiger partial charge in [-0.1, -0.05) is 6.08 Å². The Hall–Kier alpha value is -0.520. The molecule has 0 radical (unpaired) electrons. The first kappa shape index (κ1) is 12.2. The Kier molecular flexibility index (Phi) is 10.3. The van der Waals surface area contributed by atoms with Gasteiger partial charge in [0.2, 0.25) is 0 Å². The van der Waals surface area contributed by atoms with E-state index in [1.807, 2.05) is 0 Å². The molecule has 62 valence electrons. The summed E-state index contributed by atoms with van der Waals surface area (Å²) < 4.78 is 48.1. The van der Waals surface area contributed by atoms with Crippen LogP contribution in [-0.4, -0.2) is 20.8 Å². The molecule has 0 spiro atoms. The summed E-state index contributed by atoms with van der Waals surface area (Å²) >= 11 is 0. The van der Waals surface area contributed by atoms with E-state index >= 15 is 0 Å². The van der Waals surface area contributed by atoms with Gasteiger partial charge in [0.05, 0.1) is 5.75 Å². The highest BCUT2D eigenvalue weighted by Gasteiger charge is 1.86. The van der Waals surface area contributed by atoms with Crippen molar-refractivity contribution in [3.8, 4) is 0 Å². The van der Waals surface area contributed by atoms with Crippen LogP contribution in [-0.2, 0) is 10.7 Å². The summed E-state index contributed by atoms with van der Waals surface area (Å²) in [4.78, 5) is 0. The quantitative estimate of drug-likeness (QED) is 0.502. The molecular weight excluding hydrogens is 169 g/mol. The summed E-state index contributed by atoms with van der Waals surface area (Å²) in [5.41, 5.74) is 0. The molecule has 0 bridgehead atoms. The van der Waals surface area contributed by atoms with Crippen molar-refractivity contribution >= 4 is 10.7 Å². The lowest BCUT2D eigenvalue weighted by Crippen LogP contribution is -1.76. The van der Waals surface area contributed by atoms with E-state index in [1.165, 1.54) is 6.08 Å². The molecule has 0 unspecified atom stereocenters. The van der Waals surface area contributed by atoms with E-state index in [2.05, 4.69) is 6.58 Å². The minimum Gasteiger partial charge on any atom is -0.232 e. The second-order valence-electron chi connectivity index (χ2n) is 1.05. The monoisotopic (exact) mass is 176 g/mol. The van der Waals surface area contributed by atoms with Crippen LogP contribution in [0, 0.1) is 0 Å². The Labute approximate surface area is 58.3 Å². The second kappa shape index (κ2) is 8.48. The number of rotatable bonds is 2. The Morgan fingerprint density at radius 1 is 1.40 bits per heavy atom. The van der Waals surface area contributed by atoms with Crippen molar-refractivity contribution in [1.29, 1.82) is 0 Å². The van der Waals surface area contributed by atoms with Crippen LogP contribution in [0.2, 0.25) is 0 Å². The van der Waals surface area contributed by atoms with Crippen molar-refractivity contribution < 1.29 is 21.6 Å². The van der Waals surface area contributed by atoms with Crippen LogP contribution in [0.25, 0.3) is 0 Å². The molecule has 10 heavy (non-hydrogen) atoms. The Morgan fingerprint density at radius 2 is 1.70 bits per heavy atom. The van der Waals surface area contributed by atoms with Gasteiger partial charge >= 0.3 is 6.68 Å². The number of halogens is 3. The van der Waals surface area contributed by atoms with Gasteiger partial charge in [-0.05, 0) is 0 Å². The SMILES string of the molecule is C=CC[SH](=O)=O.FC(F)F. The summed E-state index contributed by atoms with van der Waals surface area (Å²) in [6.45, 7) is -0.450. The summed E-state index contributed by atoms with van der Waals surface area (Å²) in [6.07, 6.45) is 1.35. The average Bonchev–Trinajstić information content (AvgIpc) is 1.62. The van der Waals surface area contributed by atoms with Crippen LogP contribution in [0.3, 0.4) is 0 Å². The summed E-state index contributed by atoms with van der Waals surface area (Å²) in [7, 11) is -2.22. The fraction of sp³-hybridized carbons (Fsp3) is 0.500. The molecule has 0 aliphatic carbocycles. The van der Waals surface area contributed by atoms with Gasteiger partial charge in [-0.3, -0.25) is 0 Å². The maximum atomic E-state index is 9.67. The zero-order valence-corrected chi connectivity index (χ0v) is 5.86. The summed E-state index contributed by atoms with van der Waals surface area (Å²) in [5, 5.41) is 0. The maximum Gasteiger partial charge on any atom is 0.379 e. The highest BCUT2D eigenvalue weighted by Crippen LogP contribution is 1.87. The molecule has 0 fully saturated rings. The predicted molar refractivity (Wildman–Crippen MR) is 32.5 cm³/mol. The average molecular weight is 176 g/mol. The van der Waals surface area contributed by atoms with Crippen molar-refractivity contribution in [3.63, 3.8) is 0 Å². The third-order valence-electron chi connectivity index (χ3n) is 0.278. The number of hydrogen-bond acceptors (Lipinski definition) is 2. The molecular formula is C4H7F3O2S. The second-order valence-corrected chi connectivity index (χ2v) is 2.08. The van der Waals surface area contributed by atoms with E-state index in [9.17, 15) is 21.6 Å². The van der Waals surface area contributed by atoms with E-state index in [1.54, 1.807) is 0 Å². The molecule has 0 aromatic carbocycles. The molecule has 0 amide bonds. The van der Waals surface area contributed by atoms with Crippen LogP contribution in [0.1, 0.15) is 0 Å². The first-order chi connectivity index (χ1) is 4.50. The molecule has 0 atom stereocenters. The lowest BCUT2D eigenvalue weighted by molar-refractivity contribution is 0.00819. The third-order valence-corrected chi connectivity index (χ3v) is 0.835. The first-order valence-corrected chi connectivity index (χ1v) is 3.52. The van der Waals surface area contributed by atoms with Crippen molar-refractivity contribution in [2.75, 3.05) is 5.75 Å². The molecule has 0 rings (SSSR count). The van der Waals surface area contributed by atoms with Crippen molar-refractivity contribution in [1.82, 2.24) is 0 Å². The molecule has 0 aliphatic rings. The van der Waals surface area contributed by atoms with Crippen LogP contribution >= 0.6 is 0 Å². The zero-order valence-electron chi connectivity index (χ0n) is 4.97. The van der Waals surface area contributed by atoms with E-state index in [4.69, 9.17) is 0 Å². The predicted octanol–water partition coefficient (Wildman–Crippen LogP) is 0.962. The van der Waals surface area contributed by atoms with Gasteiger partial charge in [-0.2, -0.15) is 13.2 Å². The topological polar surface area (TPSA) is 34.1 Å². The molecule has 0 heterocycles. The minimum absolute atomic E-state index is 0.0926. The van der Waals surface area contributed by atoms with Crippen molar-refractivity contribution in [2.45, 2.75) is 6.68 Å². The lowest BCUT2D eigenvalue weighted by Gasteiger charge is -1.65. The summed E-state index contributed by atoms with van der Waals surface area (Å²) in [5.74, 6) is 0.0926. The van der Waals surface area contributed by atoms with Crippen molar-refractivity contribution in [2.24, 2.45) is 0 Å². The first-order valence-electron chi connectivity index (χ1n) is 2.15. The van der Waals surface area contributed by atoms with Gasteiger partial charge in [0.25, 0.3) is 0 Å². The fourth-order valence-corrected chi connectivity index (χ4v) is 0.316. The van der Waals surface area contributed by atoms with E-state index in [0.717, 1.165) is 0 Å². The minimum atomic E-state index is -3.67. The van der Waals surface area contributed by atoms with Gasteiger partial charge in [-0.15, -0.1) is 6.58 Å². The van der Waals surface area contributed by atoms with Gasteiger partial charge in [-0.25, -0.2) is 8.42 Å². The number of thiol groups is 1. The van der Waals surface area contributed by atoms with Crippen LogP contribution in [0.4, 0.5) is 13.2 Å². The Morgan fingerprint density at radius 3 is 1.70 bits per heavy atom. The van der Waals surface area contributed by atoms with E-state index in [0.29, 0.717) is 0 Å². The molecule has 0 aromatic rings. The summed E-state index contributed by atoms with van der Waals surface area (Å²) in [6, 6.07) is 0. The van der Waals surface area contributed by atoms with E-state index < -0.39 is 17.4 Å². The number of alkyl halides is 3. The molecule has 0 aromatic heterocycles. The van der Waals surface area contributed by atoms with Crippen LogP contribution < -0.4 is 0 Å². The van der Waals surface area contributed by atoms with Gasteiger partial charge < -0.3 is 0 Å². The molecule has 0 saturated carbocycles. The molecule has 0 N–H and O–H groups in total.